The van der Waals surface area contributed by atoms with Gasteiger partial charge < -0.3 is 10.2 Å². The van der Waals surface area contributed by atoms with Gasteiger partial charge in [0.2, 0.25) is 5.91 Å². The molecule has 0 saturated carbocycles. The predicted octanol–water partition coefficient (Wildman–Crippen LogP) is 4.14. The van der Waals surface area contributed by atoms with Crippen molar-refractivity contribution >= 4 is 29.1 Å². The molecule has 0 bridgehead atoms. The highest BCUT2D eigenvalue weighted by Crippen LogP contribution is 2.32. The molecule has 1 aliphatic heterocycles. The summed E-state index contributed by atoms with van der Waals surface area (Å²) in [6, 6.07) is 11.1. The first kappa shape index (κ1) is 22.1. The smallest absolute Gasteiger partial charge is 0.336 e. The molecule has 1 N–H and O–H groups in total. The van der Waals surface area contributed by atoms with E-state index in [2.05, 4.69) is 5.32 Å². The minimum Gasteiger partial charge on any atom is -0.336 e. The molecule has 1 atom stereocenters. The van der Waals surface area contributed by atoms with Gasteiger partial charge in [0, 0.05) is 36.9 Å². The summed E-state index contributed by atoms with van der Waals surface area (Å²) >= 11 is 5.92. The molecule has 0 radical (unpaired) electrons. The number of alkyl halides is 3. The molecule has 0 spiro atoms. The van der Waals surface area contributed by atoms with E-state index in [4.69, 9.17) is 11.6 Å². The number of amides is 2. The number of rotatable bonds is 4. The number of carbonyl (C=O) groups is 2. The molecule has 2 aromatic carbocycles. The van der Waals surface area contributed by atoms with Crippen molar-refractivity contribution in [3.8, 4) is 0 Å². The molecule has 1 heterocycles. The first-order valence-corrected chi connectivity index (χ1v) is 9.80. The van der Waals surface area contributed by atoms with Gasteiger partial charge in [-0.05, 0) is 37.3 Å². The SMILES string of the molecule is CC(C(=O)Nc1cccc(Cl)c1)N1CCN(C(=O)c2ccccc2C(F)(F)F)CC1. The number of nitrogens with zero attached hydrogens (tertiary/aromatic N) is 2. The zero-order valence-electron chi connectivity index (χ0n) is 16.2. The monoisotopic (exact) mass is 439 g/mol. The lowest BCUT2D eigenvalue weighted by atomic mass is 10.1. The van der Waals surface area contributed by atoms with Crippen molar-refractivity contribution in [3.05, 3.63) is 64.7 Å². The van der Waals surface area contributed by atoms with Crippen LogP contribution in [0.2, 0.25) is 5.02 Å². The third-order valence-corrected chi connectivity index (χ3v) is 5.32. The zero-order chi connectivity index (χ0) is 21.9. The van der Waals surface area contributed by atoms with E-state index in [1.807, 2.05) is 4.90 Å². The van der Waals surface area contributed by atoms with Gasteiger partial charge in [-0.25, -0.2) is 0 Å². The molecule has 1 saturated heterocycles. The van der Waals surface area contributed by atoms with Gasteiger partial charge in [0.05, 0.1) is 17.2 Å². The van der Waals surface area contributed by atoms with Crippen LogP contribution in [0.5, 0.6) is 0 Å². The standard InChI is InChI=1S/C21H21ClF3N3O2/c1-14(19(29)26-16-6-4-5-15(22)13-16)27-9-11-28(12-10-27)20(30)17-7-2-3-8-18(17)21(23,24)25/h2-8,13-14H,9-12H2,1H3,(H,26,29). The van der Waals surface area contributed by atoms with E-state index >= 15 is 0 Å². The van der Waals surface area contributed by atoms with Gasteiger partial charge in [0.1, 0.15) is 0 Å². The van der Waals surface area contributed by atoms with Crippen LogP contribution in [-0.2, 0) is 11.0 Å². The molecule has 3 rings (SSSR count). The summed E-state index contributed by atoms with van der Waals surface area (Å²) in [5.74, 6) is -0.877. The third kappa shape index (κ3) is 5.12. The molecule has 160 valence electrons. The Hall–Kier alpha value is -2.58. The van der Waals surface area contributed by atoms with Crippen LogP contribution in [0, 0.1) is 0 Å². The number of anilines is 1. The highest BCUT2D eigenvalue weighted by Gasteiger charge is 2.36. The van der Waals surface area contributed by atoms with Crippen LogP contribution < -0.4 is 5.32 Å². The maximum atomic E-state index is 13.2. The number of nitrogens with one attached hydrogen (secondary N) is 1. The maximum Gasteiger partial charge on any atom is 0.417 e. The lowest BCUT2D eigenvalue weighted by molar-refractivity contribution is -0.138. The molecule has 5 nitrogen and oxygen atoms in total. The summed E-state index contributed by atoms with van der Waals surface area (Å²) < 4.78 is 39.6. The Balaban J connectivity index is 1.61. The van der Waals surface area contributed by atoms with Crippen LogP contribution in [0.3, 0.4) is 0 Å². The van der Waals surface area contributed by atoms with Gasteiger partial charge in [0.25, 0.3) is 5.91 Å². The largest absolute Gasteiger partial charge is 0.417 e. The molecular weight excluding hydrogens is 419 g/mol. The van der Waals surface area contributed by atoms with E-state index < -0.39 is 23.7 Å². The van der Waals surface area contributed by atoms with Crippen molar-refractivity contribution in [2.45, 2.75) is 19.1 Å². The Bertz CT molecular complexity index is 928. The third-order valence-electron chi connectivity index (χ3n) is 5.08. The van der Waals surface area contributed by atoms with E-state index in [1.165, 1.54) is 23.1 Å². The molecule has 0 aliphatic carbocycles. The number of hydrogen-bond acceptors (Lipinski definition) is 3. The van der Waals surface area contributed by atoms with E-state index in [0.29, 0.717) is 23.8 Å². The fourth-order valence-corrected chi connectivity index (χ4v) is 3.57. The minimum atomic E-state index is -4.60. The van der Waals surface area contributed by atoms with Crippen LogP contribution in [-0.4, -0.2) is 53.8 Å². The van der Waals surface area contributed by atoms with Crippen LogP contribution >= 0.6 is 11.6 Å². The van der Waals surface area contributed by atoms with Gasteiger partial charge in [0.15, 0.2) is 0 Å². The molecule has 0 aromatic heterocycles. The Morgan fingerprint density at radius 2 is 1.70 bits per heavy atom. The van der Waals surface area contributed by atoms with Gasteiger partial charge in [-0.2, -0.15) is 13.2 Å². The molecule has 2 aromatic rings. The van der Waals surface area contributed by atoms with Crippen LogP contribution in [0.4, 0.5) is 18.9 Å². The number of hydrogen-bond donors (Lipinski definition) is 1. The summed E-state index contributed by atoms with van der Waals surface area (Å²) in [6.07, 6.45) is -4.60. The van der Waals surface area contributed by atoms with E-state index in [9.17, 15) is 22.8 Å². The highest BCUT2D eigenvalue weighted by molar-refractivity contribution is 6.30. The summed E-state index contributed by atoms with van der Waals surface area (Å²) in [5.41, 5.74) is -0.714. The molecule has 9 heteroatoms. The highest BCUT2D eigenvalue weighted by atomic mass is 35.5. The zero-order valence-corrected chi connectivity index (χ0v) is 17.0. The van der Waals surface area contributed by atoms with Crippen molar-refractivity contribution < 1.29 is 22.8 Å². The van der Waals surface area contributed by atoms with Crippen molar-refractivity contribution in [1.82, 2.24) is 9.80 Å². The number of halogens is 4. The van der Waals surface area contributed by atoms with E-state index in [1.54, 1.807) is 31.2 Å². The average molecular weight is 440 g/mol. The summed E-state index contributed by atoms with van der Waals surface area (Å²) in [4.78, 5) is 28.5. The summed E-state index contributed by atoms with van der Waals surface area (Å²) in [7, 11) is 0. The van der Waals surface area contributed by atoms with E-state index in [-0.39, 0.29) is 24.6 Å². The number of carbonyl (C=O) groups excluding carboxylic acids is 2. The van der Waals surface area contributed by atoms with Gasteiger partial charge in [-0.15, -0.1) is 0 Å². The minimum absolute atomic E-state index is 0.223. The Morgan fingerprint density at radius 3 is 2.33 bits per heavy atom. The fraction of sp³-hybridized carbons (Fsp3) is 0.333. The molecule has 1 unspecified atom stereocenters. The second kappa shape index (κ2) is 9.06. The van der Waals surface area contributed by atoms with Crippen molar-refractivity contribution in [1.29, 1.82) is 0 Å². The lowest BCUT2D eigenvalue weighted by Gasteiger charge is -2.37. The first-order valence-electron chi connectivity index (χ1n) is 9.43. The molecular formula is C21H21ClF3N3O2. The van der Waals surface area contributed by atoms with Crippen molar-refractivity contribution in [3.63, 3.8) is 0 Å². The summed E-state index contributed by atoms with van der Waals surface area (Å²) in [6.45, 7) is 2.98. The van der Waals surface area contributed by atoms with Crippen LogP contribution in [0.1, 0.15) is 22.8 Å². The Morgan fingerprint density at radius 1 is 1.03 bits per heavy atom. The maximum absolute atomic E-state index is 13.2. The Labute approximate surface area is 177 Å². The van der Waals surface area contributed by atoms with Crippen LogP contribution in [0.15, 0.2) is 48.5 Å². The molecule has 2 amide bonds. The predicted molar refractivity (Wildman–Crippen MR) is 108 cm³/mol. The Kier molecular flexibility index (Phi) is 6.67. The topological polar surface area (TPSA) is 52.7 Å². The van der Waals surface area contributed by atoms with Crippen molar-refractivity contribution in [2.75, 3.05) is 31.5 Å². The first-order chi connectivity index (χ1) is 14.2. The summed E-state index contributed by atoms with van der Waals surface area (Å²) in [5, 5.41) is 3.30. The number of benzene rings is 2. The molecule has 1 aliphatic rings. The normalized spacial score (nSPS) is 16.2. The number of piperazine rings is 1. The van der Waals surface area contributed by atoms with Gasteiger partial charge in [-0.1, -0.05) is 29.8 Å². The molecule has 30 heavy (non-hydrogen) atoms. The fourth-order valence-electron chi connectivity index (χ4n) is 3.38. The lowest BCUT2D eigenvalue weighted by Crippen LogP contribution is -2.54. The van der Waals surface area contributed by atoms with Crippen molar-refractivity contribution in [2.24, 2.45) is 0 Å². The van der Waals surface area contributed by atoms with Gasteiger partial charge in [-0.3, -0.25) is 14.5 Å². The second-order valence-corrected chi connectivity index (χ2v) is 7.48. The second-order valence-electron chi connectivity index (χ2n) is 7.05. The molecule has 1 fully saturated rings. The average Bonchev–Trinajstić information content (AvgIpc) is 2.72. The van der Waals surface area contributed by atoms with E-state index in [0.717, 1.165) is 6.07 Å². The van der Waals surface area contributed by atoms with Gasteiger partial charge >= 0.3 is 6.18 Å². The van der Waals surface area contributed by atoms with Crippen LogP contribution in [0.25, 0.3) is 0 Å². The quantitative estimate of drug-likeness (QED) is 0.779.